The number of non-ortho nitro benzene ring substituents is 1. The molecule has 0 radical (unpaired) electrons. The lowest BCUT2D eigenvalue weighted by molar-refractivity contribution is -0.384. The summed E-state index contributed by atoms with van der Waals surface area (Å²) in [6, 6.07) is 7.33. The summed E-state index contributed by atoms with van der Waals surface area (Å²) in [5, 5.41) is 10.6. The second kappa shape index (κ2) is 6.88. The smallest absolute Gasteiger partial charge is 0.404 e. The van der Waals surface area contributed by atoms with Crippen LogP contribution in [0.2, 0.25) is 0 Å². The molecule has 0 bridgehead atoms. The van der Waals surface area contributed by atoms with Crippen LogP contribution in [-0.2, 0) is 10.0 Å². The Hall–Kier alpha value is -2.34. The molecular weight excluding hydrogens is 433 g/mol. The average Bonchev–Trinajstić information content (AvgIpc) is 2.45. The van der Waals surface area contributed by atoms with E-state index in [1.165, 1.54) is 6.07 Å². The Kier molecular flexibility index (Phi) is 5.23. The molecule has 0 spiro atoms. The number of halogens is 4. The monoisotopic (exact) mass is 440 g/mol. The van der Waals surface area contributed by atoms with Crippen LogP contribution in [0.5, 0.6) is 5.75 Å². The fourth-order valence-electron chi connectivity index (χ4n) is 1.77. The van der Waals surface area contributed by atoms with E-state index < -0.39 is 32.0 Å². The maximum absolute atomic E-state index is 12.5. The van der Waals surface area contributed by atoms with Crippen molar-refractivity contribution in [2.75, 3.05) is 4.72 Å². The van der Waals surface area contributed by atoms with Crippen molar-refractivity contribution in [3.8, 4) is 5.75 Å². The molecule has 0 unspecified atom stereocenters. The van der Waals surface area contributed by atoms with Crippen LogP contribution >= 0.6 is 15.9 Å². The van der Waals surface area contributed by atoms with Gasteiger partial charge < -0.3 is 4.74 Å². The Morgan fingerprint density at radius 1 is 1.12 bits per heavy atom. The van der Waals surface area contributed by atoms with E-state index in [2.05, 4.69) is 20.7 Å². The van der Waals surface area contributed by atoms with Crippen molar-refractivity contribution in [2.45, 2.75) is 11.3 Å². The number of ether oxygens (including phenoxy) is 1. The molecule has 0 heterocycles. The van der Waals surface area contributed by atoms with Gasteiger partial charge in [0.15, 0.2) is 5.75 Å². The zero-order valence-electron chi connectivity index (χ0n) is 12.0. The van der Waals surface area contributed by atoms with Crippen molar-refractivity contribution in [3.63, 3.8) is 0 Å². The number of hydrogen-bond donors (Lipinski definition) is 1. The number of nitrogens with zero attached hydrogens (tertiary/aromatic N) is 1. The molecule has 12 heteroatoms. The number of rotatable bonds is 5. The predicted molar refractivity (Wildman–Crippen MR) is 84.7 cm³/mol. The lowest BCUT2D eigenvalue weighted by Crippen LogP contribution is -2.21. The molecule has 2 aromatic rings. The molecular formula is C13H8BrF3N2O5S. The lowest BCUT2D eigenvalue weighted by Gasteiger charge is -2.15. The first-order valence-electron chi connectivity index (χ1n) is 6.30. The van der Waals surface area contributed by atoms with Gasteiger partial charge in [-0.25, -0.2) is 8.42 Å². The van der Waals surface area contributed by atoms with E-state index in [1.807, 2.05) is 4.72 Å². The Balaban J connectivity index is 2.37. The summed E-state index contributed by atoms with van der Waals surface area (Å²) >= 11 is 2.93. The summed E-state index contributed by atoms with van der Waals surface area (Å²) in [7, 11) is -4.43. The van der Waals surface area contributed by atoms with Crippen molar-refractivity contribution in [2.24, 2.45) is 0 Å². The van der Waals surface area contributed by atoms with E-state index in [0.29, 0.717) is 0 Å². The summed E-state index contributed by atoms with van der Waals surface area (Å²) in [6.07, 6.45) is -5.08. The topological polar surface area (TPSA) is 98.5 Å². The Labute approximate surface area is 147 Å². The van der Waals surface area contributed by atoms with Crippen LogP contribution in [0, 0.1) is 10.1 Å². The number of nitro groups is 1. The maximum atomic E-state index is 12.5. The first-order chi connectivity index (χ1) is 11.5. The van der Waals surface area contributed by atoms with Gasteiger partial charge in [-0.05, 0) is 30.3 Å². The van der Waals surface area contributed by atoms with Crippen LogP contribution in [0.4, 0.5) is 24.5 Å². The first kappa shape index (κ1) is 19.0. The van der Waals surface area contributed by atoms with Crippen molar-refractivity contribution >= 4 is 37.3 Å². The number of nitrogens with one attached hydrogen (secondary N) is 1. The Bertz CT molecular complexity index is 901. The molecule has 2 rings (SSSR count). The first-order valence-corrected chi connectivity index (χ1v) is 8.58. The molecule has 2 aromatic carbocycles. The van der Waals surface area contributed by atoms with Crippen LogP contribution in [0.3, 0.4) is 0 Å². The summed E-state index contributed by atoms with van der Waals surface area (Å²) in [4.78, 5) is 9.15. The number of sulfonamides is 1. The third-order valence-electron chi connectivity index (χ3n) is 2.75. The quantitative estimate of drug-likeness (QED) is 0.558. The molecule has 0 saturated heterocycles. The second-order valence-electron chi connectivity index (χ2n) is 4.55. The zero-order valence-corrected chi connectivity index (χ0v) is 14.4. The molecule has 0 aliphatic heterocycles. The van der Waals surface area contributed by atoms with Crippen LogP contribution in [0.1, 0.15) is 0 Å². The highest BCUT2D eigenvalue weighted by Crippen LogP contribution is 2.33. The highest BCUT2D eigenvalue weighted by atomic mass is 79.9. The van der Waals surface area contributed by atoms with E-state index in [-0.39, 0.29) is 15.8 Å². The van der Waals surface area contributed by atoms with E-state index >= 15 is 0 Å². The maximum Gasteiger partial charge on any atom is 0.573 e. The van der Waals surface area contributed by atoms with E-state index in [1.54, 1.807) is 0 Å². The summed E-state index contributed by atoms with van der Waals surface area (Å²) in [5.41, 5.74) is -0.334. The molecule has 0 aliphatic rings. The highest BCUT2D eigenvalue weighted by molar-refractivity contribution is 9.10. The second-order valence-corrected chi connectivity index (χ2v) is 7.11. The minimum atomic E-state index is -5.08. The third-order valence-corrected chi connectivity index (χ3v) is 4.67. The van der Waals surface area contributed by atoms with Crippen molar-refractivity contribution in [1.29, 1.82) is 0 Å². The number of hydrogen-bond acceptors (Lipinski definition) is 5. The number of anilines is 1. The van der Waals surface area contributed by atoms with Gasteiger partial charge in [0.1, 0.15) is 4.90 Å². The number of alkyl halides is 3. The fraction of sp³-hybridized carbons (Fsp3) is 0.0769. The molecule has 7 nitrogen and oxygen atoms in total. The third kappa shape index (κ3) is 5.06. The minimum absolute atomic E-state index is 0.0634. The summed E-state index contributed by atoms with van der Waals surface area (Å²) in [6.45, 7) is 0. The van der Waals surface area contributed by atoms with Gasteiger partial charge in [-0.2, -0.15) is 0 Å². The van der Waals surface area contributed by atoms with Crippen LogP contribution in [0.25, 0.3) is 0 Å². The Morgan fingerprint density at radius 3 is 2.24 bits per heavy atom. The standard InChI is InChI=1S/C13H8BrF3N2O5S/c14-8-1-6-12(11(7-8)24-13(15,16)17)25(22,23)18-9-2-4-10(5-3-9)19(20)21/h1-7,18H. The van der Waals surface area contributed by atoms with Crippen LogP contribution in [-0.4, -0.2) is 19.7 Å². The highest BCUT2D eigenvalue weighted by Gasteiger charge is 2.34. The molecule has 0 atom stereocenters. The van der Waals surface area contributed by atoms with Gasteiger partial charge in [0.05, 0.1) is 4.92 Å². The lowest BCUT2D eigenvalue weighted by atomic mass is 10.3. The van der Waals surface area contributed by atoms with E-state index in [4.69, 9.17) is 0 Å². The van der Waals surface area contributed by atoms with Gasteiger partial charge in [0, 0.05) is 22.3 Å². The Morgan fingerprint density at radius 2 is 1.72 bits per heavy atom. The van der Waals surface area contributed by atoms with Gasteiger partial charge in [0.2, 0.25) is 0 Å². The SMILES string of the molecule is O=[N+]([O-])c1ccc(NS(=O)(=O)c2ccc(Br)cc2OC(F)(F)F)cc1. The largest absolute Gasteiger partial charge is 0.573 e. The molecule has 0 amide bonds. The zero-order chi connectivity index (χ0) is 18.8. The predicted octanol–water partition coefficient (Wildman–Crippen LogP) is 4.06. The number of nitro benzene ring substituents is 1. The minimum Gasteiger partial charge on any atom is -0.404 e. The van der Waals surface area contributed by atoms with Crippen molar-refractivity contribution in [1.82, 2.24) is 0 Å². The molecule has 0 aliphatic carbocycles. The molecule has 0 saturated carbocycles. The van der Waals surface area contributed by atoms with Crippen molar-refractivity contribution < 1.29 is 31.2 Å². The molecule has 25 heavy (non-hydrogen) atoms. The summed E-state index contributed by atoms with van der Waals surface area (Å²) < 4.78 is 68.0. The molecule has 1 N–H and O–H groups in total. The summed E-state index contributed by atoms with van der Waals surface area (Å²) in [5.74, 6) is -0.920. The number of benzene rings is 2. The van der Waals surface area contributed by atoms with Gasteiger partial charge in [-0.3, -0.25) is 14.8 Å². The van der Waals surface area contributed by atoms with Gasteiger partial charge >= 0.3 is 6.36 Å². The van der Waals surface area contributed by atoms with E-state index in [9.17, 15) is 31.7 Å². The van der Waals surface area contributed by atoms with Gasteiger partial charge in [-0.1, -0.05) is 15.9 Å². The normalized spacial score (nSPS) is 11.8. The molecule has 134 valence electrons. The van der Waals surface area contributed by atoms with Crippen LogP contribution < -0.4 is 9.46 Å². The average molecular weight is 441 g/mol. The van der Waals surface area contributed by atoms with Crippen molar-refractivity contribution in [3.05, 3.63) is 57.1 Å². The fourth-order valence-corrected chi connectivity index (χ4v) is 3.28. The van der Waals surface area contributed by atoms with E-state index in [0.717, 1.165) is 36.4 Å². The van der Waals surface area contributed by atoms with Crippen LogP contribution in [0.15, 0.2) is 51.8 Å². The molecule has 0 fully saturated rings. The van der Waals surface area contributed by atoms with Gasteiger partial charge in [0.25, 0.3) is 15.7 Å². The van der Waals surface area contributed by atoms with Gasteiger partial charge in [-0.15, -0.1) is 13.2 Å². The molecule has 0 aromatic heterocycles.